The fourth-order valence-corrected chi connectivity index (χ4v) is 4.17. The van der Waals surface area contributed by atoms with Crippen molar-refractivity contribution in [3.05, 3.63) is 76.8 Å². The molecule has 160 valence electrons. The van der Waals surface area contributed by atoms with Gasteiger partial charge in [0.25, 0.3) is 5.91 Å². The van der Waals surface area contributed by atoms with Gasteiger partial charge >= 0.3 is 12.2 Å². The predicted octanol–water partition coefficient (Wildman–Crippen LogP) is 4.88. The van der Waals surface area contributed by atoms with Crippen LogP contribution < -0.4 is 5.32 Å². The Bertz CT molecular complexity index is 1080. The Hall–Kier alpha value is -3.20. The Morgan fingerprint density at radius 3 is 2.42 bits per heavy atom. The van der Waals surface area contributed by atoms with Gasteiger partial charge in [-0.3, -0.25) is 9.69 Å². The van der Waals surface area contributed by atoms with E-state index in [1.165, 1.54) is 23.5 Å². The molecule has 1 aliphatic heterocycles. The van der Waals surface area contributed by atoms with Crippen LogP contribution in [0.25, 0.3) is 10.6 Å². The molecule has 0 bridgehead atoms. The van der Waals surface area contributed by atoms with Crippen molar-refractivity contribution in [1.82, 2.24) is 15.2 Å². The lowest BCUT2D eigenvalue weighted by molar-refractivity contribution is -0.137. The van der Waals surface area contributed by atoms with Gasteiger partial charge in [-0.15, -0.1) is 11.3 Å². The molecule has 9 heteroatoms. The first-order valence-corrected chi connectivity index (χ1v) is 10.5. The molecule has 1 N–H and O–H groups in total. The molecule has 0 saturated carbocycles. The highest BCUT2D eigenvalue weighted by Gasteiger charge is 2.38. The Morgan fingerprint density at radius 1 is 1.03 bits per heavy atom. The molecule has 1 atom stereocenters. The van der Waals surface area contributed by atoms with Gasteiger partial charge in [-0.1, -0.05) is 42.5 Å². The molecule has 1 saturated heterocycles. The average Bonchev–Trinajstić information content (AvgIpc) is 3.33. The predicted molar refractivity (Wildman–Crippen MR) is 110 cm³/mol. The van der Waals surface area contributed by atoms with Crippen LogP contribution >= 0.6 is 11.3 Å². The van der Waals surface area contributed by atoms with Gasteiger partial charge < -0.3 is 5.32 Å². The van der Waals surface area contributed by atoms with Crippen LogP contribution in [-0.2, 0) is 23.9 Å². The molecule has 0 radical (unpaired) electrons. The number of halogens is 3. The maximum absolute atomic E-state index is 12.7. The Labute approximate surface area is 180 Å². The summed E-state index contributed by atoms with van der Waals surface area (Å²) in [5.74, 6) is -0.301. The van der Waals surface area contributed by atoms with Gasteiger partial charge in [-0.25, -0.2) is 9.78 Å². The van der Waals surface area contributed by atoms with E-state index < -0.39 is 23.8 Å². The zero-order chi connectivity index (χ0) is 22.0. The largest absolute Gasteiger partial charge is 0.416 e. The fraction of sp³-hybridized carbons (Fsp3) is 0.227. The van der Waals surface area contributed by atoms with Gasteiger partial charge in [0.2, 0.25) is 0 Å². The topological polar surface area (TPSA) is 62.3 Å². The lowest BCUT2D eigenvalue weighted by Crippen LogP contribution is -2.31. The molecular formula is C22H18F3N3O2S. The summed E-state index contributed by atoms with van der Waals surface area (Å²) in [4.78, 5) is 30.5. The third-order valence-corrected chi connectivity index (χ3v) is 5.94. The van der Waals surface area contributed by atoms with E-state index in [2.05, 4.69) is 10.3 Å². The number of aryl methyl sites for hydroxylation is 1. The van der Waals surface area contributed by atoms with Crippen LogP contribution in [0.2, 0.25) is 0 Å². The SMILES string of the molecule is O=C1NC(CCc2ccccc2)C(=O)N1Cc1csc(-c2ccc(C(F)(F)F)cc2)n1. The third kappa shape index (κ3) is 4.77. The highest BCUT2D eigenvalue weighted by Crippen LogP contribution is 2.32. The van der Waals surface area contributed by atoms with E-state index in [0.717, 1.165) is 22.6 Å². The second kappa shape index (κ2) is 8.50. The van der Waals surface area contributed by atoms with Crippen molar-refractivity contribution in [3.63, 3.8) is 0 Å². The number of aromatic nitrogens is 1. The van der Waals surface area contributed by atoms with Crippen LogP contribution in [0, 0.1) is 0 Å². The summed E-state index contributed by atoms with van der Waals surface area (Å²) >= 11 is 1.25. The van der Waals surface area contributed by atoms with Gasteiger partial charge in [0.1, 0.15) is 11.0 Å². The second-order valence-corrected chi connectivity index (χ2v) is 8.03. The van der Waals surface area contributed by atoms with Crippen molar-refractivity contribution in [2.75, 3.05) is 0 Å². The van der Waals surface area contributed by atoms with Crippen molar-refractivity contribution in [2.45, 2.75) is 31.6 Å². The van der Waals surface area contributed by atoms with Crippen molar-refractivity contribution >= 4 is 23.3 Å². The van der Waals surface area contributed by atoms with Gasteiger partial charge in [0, 0.05) is 10.9 Å². The number of amides is 3. The molecule has 31 heavy (non-hydrogen) atoms. The molecule has 1 unspecified atom stereocenters. The number of hydrogen-bond acceptors (Lipinski definition) is 4. The number of carbonyl (C=O) groups excluding carboxylic acids is 2. The van der Waals surface area contributed by atoms with Crippen molar-refractivity contribution < 1.29 is 22.8 Å². The Kier molecular flexibility index (Phi) is 5.77. The summed E-state index contributed by atoms with van der Waals surface area (Å²) in [6.45, 7) is 0.0175. The number of benzene rings is 2. The highest BCUT2D eigenvalue weighted by atomic mass is 32.1. The number of nitrogens with one attached hydrogen (secondary N) is 1. The normalized spacial score (nSPS) is 16.6. The van der Waals surface area contributed by atoms with E-state index in [9.17, 15) is 22.8 Å². The smallest absolute Gasteiger partial charge is 0.326 e. The van der Waals surface area contributed by atoms with E-state index in [1.54, 1.807) is 5.38 Å². The minimum absolute atomic E-state index is 0.0175. The number of hydrogen-bond donors (Lipinski definition) is 1. The Balaban J connectivity index is 1.40. The molecule has 1 aromatic heterocycles. The molecule has 3 aromatic rings. The zero-order valence-electron chi connectivity index (χ0n) is 16.2. The molecule has 1 aliphatic rings. The minimum Gasteiger partial charge on any atom is -0.326 e. The van der Waals surface area contributed by atoms with Gasteiger partial charge in [-0.2, -0.15) is 13.2 Å². The van der Waals surface area contributed by atoms with Crippen molar-refractivity contribution in [3.8, 4) is 10.6 Å². The number of urea groups is 1. The van der Waals surface area contributed by atoms with Crippen molar-refractivity contribution in [1.29, 1.82) is 0 Å². The molecule has 0 aliphatic carbocycles. The standard InChI is InChI=1S/C22H18F3N3O2S/c23-22(24,25)16-9-7-15(8-10-16)19-26-17(13-31-19)12-28-20(29)18(27-21(28)30)11-6-14-4-2-1-3-5-14/h1-5,7-10,13,18H,6,11-12H2,(H,27,30). The molecule has 5 nitrogen and oxygen atoms in total. The van der Waals surface area contributed by atoms with Crippen LogP contribution in [0.1, 0.15) is 23.2 Å². The van der Waals surface area contributed by atoms with E-state index >= 15 is 0 Å². The van der Waals surface area contributed by atoms with Gasteiger partial charge in [-0.05, 0) is 30.5 Å². The summed E-state index contributed by atoms with van der Waals surface area (Å²) in [7, 11) is 0. The molecule has 0 spiro atoms. The van der Waals surface area contributed by atoms with Crippen LogP contribution in [0.15, 0.2) is 60.0 Å². The molecule has 2 aromatic carbocycles. The number of nitrogens with zero attached hydrogens (tertiary/aromatic N) is 2. The van der Waals surface area contributed by atoms with E-state index in [4.69, 9.17) is 0 Å². The van der Waals surface area contributed by atoms with E-state index in [1.807, 2.05) is 30.3 Å². The average molecular weight is 445 g/mol. The number of alkyl halides is 3. The van der Waals surface area contributed by atoms with Crippen LogP contribution in [0.5, 0.6) is 0 Å². The molecule has 1 fully saturated rings. The summed E-state index contributed by atoms with van der Waals surface area (Å²) in [6, 6.07) is 13.4. The first-order chi connectivity index (χ1) is 14.8. The molecule has 3 amide bonds. The number of thiazole rings is 1. The number of carbonyl (C=O) groups is 2. The number of imide groups is 1. The summed E-state index contributed by atoms with van der Waals surface area (Å²) in [5.41, 5.74) is 1.41. The monoisotopic (exact) mass is 445 g/mol. The van der Waals surface area contributed by atoms with E-state index in [-0.39, 0.29) is 12.5 Å². The number of rotatable bonds is 6. The van der Waals surface area contributed by atoms with Crippen LogP contribution in [-0.4, -0.2) is 27.9 Å². The maximum atomic E-state index is 12.7. The maximum Gasteiger partial charge on any atom is 0.416 e. The fourth-order valence-electron chi connectivity index (χ4n) is 3.35. The van der Waals surface area contributed by atoms with Crippen LogP contribution in [0.4, 0.5) is 18.0 Å². The molecule has 2 heterocycles. The second-order valence-electron chi connectivity index (χ2n) is 7.17. The minimum atomic E-state index is -4.40. The van der Waals surface area contributed by atoms with Gasteiger partial charge in [0.15, 0.2) is 0 Å². The van der Waals surface area contributed by atoms with Crippen molar-refractivity contribution in [2.24, 2.45) is 0 Å². The lowest BCUT2D eigenvalue weighted by Gasteiger charge is -2.11. The highest BCUT2D eigenvalue weighted by molar-refractivity contribution is 7.13. The summed E-state index contributed by atoms with van der Waals surface area (Å²) in [6.07, 6.45) is -3.23. The Morgan fingerprint density at radius 2 is 1.74 bits per heavy atom. The summed E-state index contributed by atoms with van der Waals surface area (Å²) in [5, 5.41) is 4.93. The summed E-state index contributed by atoms with van der Waals surface area (Å²) < 4.78 is 38.2. The first-order valence-electron chi connectivity index (χ1n) is 9.59. The zero-order valence-corrected chi connectivity index (χ0v) is 17.0. The third-order valence-electron chi connectivity index (χ3n) is 5.00. The molecular weight excluding hydrogens is 427 g/mol. The van der Waals surface area contributed by atoms with E-state index in [0.29, 0.717) is 29.1 Å². The van der Waals surface area contributed by atoms with Crippen LogP contribution in [0.3, 0.4) is 0 Å². The van der Waals surface area contributed by atoms with Gasteiger partial charge in [0.05, 0.1) is 17.8 Å². The first kappa shape index (κ1) is 21.0. The molecule has 4 rings (SSSR count). The quantitative estimate of drug-likeness (QED) is 0.550. The lowest BCUT2D eigenvalue weighted by atomic mass is 10.1.